The molecule has 0 atom stereocenters. The molecule has 1 aliphatic heterocycles. The number of piperidine rings is 1. The molecule has 0 bridgehead atoms. The van der Waals surface area contributed by atoms with Crippen molar-refractivity contribution in [1.82, 2.24) is 10.2 Å². The second-order valence-corrected chi connectivity index (χ2v) is 7.08. The number of para-hydroxylation sites is 1. The van der Waals surface area contributed by atoms with Crippen LogP contribution in [0, 0.1) is 0 Å². The quantitative estimate of drug-likeness (QED) is 0.721. The highest BCUT2D eigenvalue weighted by Crippen LogP contribution is 2.30. The van der Waals surface area contributed by atoms with Crippen LogP contribution in [0.2, 0.25) is 0 Å². The minimum Gasteiger partial charge on any atom is -0.496 e. The van der Waals surface area contributed by atoms with E-state index >= 15 is 0 Å². The van der Waals surface area contributed by atoms with Crippen LogP contribution < -0.4 is 19.5 Å². The van der Waals surface area contributed by atoms with Crippen LogP contribution in [-0.2, 0) is 4.79 Å². The van der Waals surface area contributed by atoms with E-state index in [1.165, 1.54) is 14.2 Å². The Labute approximate surface area is 176 Å². The molecular formula is C23H28N2O5. The number of benzene rings is 2. The maximum Gasteiger partial charge on any atom is 0.261 e. The number of hydrogen-bond donors (Lipinski definition) is 1. The summed E-state index contributed by atoms with van der Waals surface area (Å²) in [6.45, 7) is 1.46. The van der Waals surface area contributed by atoms with E-state index in [9.17, 15) is 9.59 Å². The number of ether oxygens (including phenoxy) is 3. The Morgan fingerprint density at radius 3 is 2.20 bits per heavy atom. The number of methoxy groups -OCH3 is 2. The highest BCUT2D eigenvalue weighted by Gasteiger charge is 2.28. The number of rotatable bonds is 8. The topological polar surface area (TPSA) is 77.1 Å². The third kappa shape index (κ3) is 5.43. The monoisotopic (exact) mass is 412 g/mol. The molecule has 0 radical (unpaired) electrons. The van der Waals surface area contributed by atoms with Gasteiger partial charge >= 0.3 is 0 Å². The van der Waals surface area contributed by atoms with Gasteiger partial charge in [-0.2, -0.15) is 0 Å². The number of amides is 2. The van der Waals surface area contributed by atoms with Gasteiger partial charge in [-0.25, -0.2) is 0 Å². The van der Waals surface area contributed by atoms with Crippen molar-refractivity contribution in [3.63, 3.8) is 0 Å². The van der Waals surface area contributed by atoms with Crippen molar-refractivity contribution in [2.45, 2.75) is 25.3 Å². The van der Waals surface area contributed by atoms with E-state index in [1.807, 2.05) is 30.3 Å². The summed E-state index contributed by atoms with van der Waals surface area (Å²) in [5, 5.41) is 3.04. The van der Waals surface area contributed by atoms with Gasteiger partial charge in [0.25, 0.3) is 5.91 Å². The largest absolute Gasteiger partial charge is 0.496 e. The van der Waals surface area contributed by atoms with Crippen molar-refractivity contribution in [2.24, 2.45) is 0 Å². The van der Waals surface area contributed by atoms with Crippen molar-refractivity contribution < 1.29 is 23.8 Å². The molecule has 0 aliphatic carbocycles. The molecule has 1 heterocycles. The van der Waals surface area contributed by atoms with Crippen LogP contribution in [-0.4, -0.2) is 56.7 Å². The summed E-state index contributed by atoms with van der Waals surface area (Å²) in [4.78, 5) is 27.0. The lowest BCUT2D eigenvalue weighted by Gasteiger charge is -2.33. The summed E-state index contributed by atoms with van der Waals surface area (Å²) in [6, 6.07) is 14.8. The highest BCUT2D eigenvalue weighted by atomic mass is 16.5. The summed E-state index contributed by atoms with van der Waals surface area (Å²) in [7, 11) is 3.07. The fraction of sp³-hybridized carbons (Fsp3) is 0.391. The Bertz CT molecular complexity index is 826. The standard InChI is InChI=1S/C23H28N2O5/c1-28-19-9-6-10-20(29-2)22(19)23(27)25-14-11-17(12-15-25)24-21(26)13-16-30-18-7-4-3-5-8-18/h3-10,17H,11-16H2,1-2H3,(H,24,26). The molecule has 1 aliphatic rings. The normalized spacial score (nSPS) is 14.1. The fourth-order valence-corrected chi connectivity index (χ4v) is 3.53. The van der Waals surface area contributed by atoms with Crippen molar-refractivity contribution in [2.75, 3.05) is 33.9 Å². The van der Waals surface area contributed by atoms with Gasteiger partial charge in [0.2, 0.25) is 5.91 Å². The van der Waals surface area contributed by atoms with Gasteiger partial charge in [0.05, 0.1) is 27.2 Å². The average molecular weight is 412 g/mol. The summed E-state index contributed by atoms with van der Waals surface area (Å²) < 4.78 is 16.3. The third-order valence-corrected chi connectivity index (χ3v) is 5.13. The van der Waals surface area contributed by atoms with Gasteiger partial charge in [0.15, 0.2) is 0 Å². The second-order valence-electron chi connectivity index (χ2n) is 7.08. The molecule has 1 N–H and O–H groups in total. The maximum absolute atomic E-state index is 13.0. The van der Waals surface area contributed by atoms with E-state index in [-0.39, 0.29) is 17.9 Å². The Morgan fingerprint density at radius 2 is 1.60 bits per heavy atom. The number of carbonyl (C=O) groups excluding carboxylic acids is 2. The second kappa shape index (κ2) is 10.5. The van der Waals surface area contributed by atoms with Gasteiger partial charge in [-0.3, -0.25) is 9.59 Å². The molecular weight excluding hydrogens is 384 g/mol. The molecule has 1 fully saturated rings. The van der Waals surface area contributed by atoms with Gasteiger partial charge in [0.1, 0.15) is 22.8 Å². The zero-order valence-corrected chi connectivity index (χ0v) is 17.4. The molecule has 0 unspecified atom stereocenters. The van der Waals surface area contributed by atoms with Crippen LogP contribution in [0.25, 0.3) is 0 Å². The maximum atomic E-state index is 13.0. The van der Waals surface area contributed by atoms with Crippen LogP contribution in [0.3, 0.4) is 0 Å². The number of likely N-dealkylation sites (tertiary alicyclic amines) is 1. The fourth-order valence-electron chi connectivity index (χ4n) is 3.53. The molecule has 0 spiro atoms. The van der Waals surface area contributed by atoms with Crippen molar-refractivity contribution in [3.8, 4) is 17.2 Å². The Hall–Kier alpha value is -3.22. The van der Waals surface area contributed by atoms with Gasteiger partial charge in [0, 0.05) is 19.1 Å². The Morgan fingerprint density at radius 1 is 0.967 bits per heavy atom. The van der Waals surface area contributed by atoms with Gasteiger partial charge < -0.3 is 24.4 Å². The van der Waals surface area contributed by atoms with Crippen molar-refractivity contribution >= 4 is 11.8 Å². The summed E-state index contributed by atoms with van der Waals surface area (Å²) in [5.74, 6) is 1.58. The number of nitrogens with one attached hydrogen (secondary N) is 1. The van der Waals surface area contributed by atoms with Crippen molar-refractivity contribution in [3.05, 3.63) is 54.1 Å². The lowest BCUT2D eigenvalue weighted by atomic mass is 10.0. The van der Waals surface area contributed by atoms with Crippen LogP contribution in [0.4, 0.5) is 0 Å². The summed E-state index contributed by atoms with van der Waals surface area (Å²) >= 11 is 0. The molecule has 1 saturated heterocycles. The van der Waals surface area contributed by atoms with Gasteiger partial charge in [-0.05, 0) is 37.1 Å². The molecule has 0 saturated carbocycles. The van der Waals surface area contributed by atoms with Crippen LogP contribution >= 0.6 is 0 Å². The SMILES string of the molecule is COc1cccc(OC)c1C(=O)N1CCC(NC(=O)CCOc2ccccc2)CC1. The molecule has 2 aromatic carbocycles. The number of nitrogens with zero attached hydrogens (tertiary/aromatic N) is 1. The first-order chi connectivity index (χ1) is 14.6. The van der Waals surface area contributed by atoms with Crippen molar-refractivity contribution in [1.29, 1.82) is 0 Å². The first-order valence-electron chi connectivity index (χ1n) is 10.1. The Balaban J connectivity index is 1.47. The highest BCUT2D eigenvalue weighted by molar-refractivity contribution is 5.99. The third-order valence-electron chi connectivity index (χ3n) is 5.13. The lowest BCUT2D eigenvalue weighted by Crippen LogP contribution is -2.46. The molecule has 30 heavy (non-hydrogen) atoms. The first kappa shape index (κ1) is 21.5. The average Bonchev–Trinajstić information content (AvgIpc) is 2.79. The molecule has 2 amide bonds. The van der Waals surface area contributed by atoms with E-state index in [0.717, 1.165) is 5.75 Å². The molecule has 7 nitrogen and oxygen atoms in total. The molecule has 0 aromatic heterocycles. The smallest absolute Gasteiger partial charge is 0.261 e. The summed E-state index contributed by atoms with van der Waals surface area (Å²) in [6.07, 6.45) is 1.70. The minimum atomic E-state index is -0.120. The molecule has 2 aromatic rings. The predicted molar refractivity (Wildman–Crippen MR) is 113 cm³/mol. The number of carbonyl (C=O) groups is 2. The van der Waals surface area contributed by atoms with E-state index < -0.39 is 0 Å². The van der Waals surface area contributed by atoms with E-state index in [1.54, 1.807) is 23.1 Å². The Kier molecular flexibility index (Phi) is 7.54. The molecule has 160 valence electrons. The van der Waals surface area contributed by atoms with Gasteiger partial charge in [-0.1, -0.05) is 24.3 Å². The van der Waals surface area contributed by atoms with E-state index in [4.69, 9.17) is 14.2 Å². The lowest BCUT2D eigenvalue weighted by molar-refractivity contribution is -0.122. The molecule has 7 heteroatoms. The van der Waals surface area contributed by atoms with Crippen LogP contribution in [0.1, 0.15) is 29.6 Å². The van der Waals surface area contributed by atoms with Crippen LogP contribution in [0.5, 0.6) is 17.2 Å². The van der Waals surface area contributed by atoms with Crippen LogP contribution in [0.15, 0.2) is 48.5 Å². The number of hydrogen-bond acceptors (Lipinski definition) is 5. The predicted octanol–water partition coefficient (Wildman–Crippen LogP) is 2.89. The van der Waals surface area contributed by atoms with Gasteiger partial charge in [-0.15, -0.1) is 0 Å². The zero-order chi connectivity index (χ0) is 21.3. The zero-order valence-electron chi connectivity index (χ0n) is 17.4. The van der Waals surface area contributed by atoms with E-state index in [0.29, 0.717) is 56.0 Å². The van der Waals surface area contributed by atoms with E-state index in [2.05, 4.69) is 5.32 Å². The first-order valence-corrected chi connectivity index (χ1v) is 10.1. The minimum absolute atomic E-state index is 0.0397. The summed E-state index contributed by atoms with van der Waals surface area (Å²) in [5.41, 5.74) is 0.433. The molecule has 3 rings (SSSR count).